The normalized spacial score (nSPS) is 0.800. The second-order valence-electron chi connectivity index (χ2n) is 0. The van der Waals surface area contributed by atoms with Gasteiger partial charge in [0.2, 0.25) is 0 Å². The Morgan fingerprint density at radius 3 is 0.467 bits per heavy atom. The van der Waals surface area contributed by atoms with Gasteiger partial charge in [-0.25, -0.2) is 31.6 Å². The molecule has 15 heavy (non-hydrogen) atoms. The first-order valence-electron chi connectivity index (χ1n) is 1.55. The Labute approximate surface area is 178 Å². The van der Waals surface area contributed by atoms with Crippen molar-refractivity contribution < 1.29 is 72.7 Å². The monoisotopic (exact) mass is 300 g/mol. The van der Waals surface area contributed by atoms with Crippen molar-refractivity contribution in [3.63, 3.8) is 0 Å². The van der Waals surface area contributed by atoms with Crippen molar-refractivity contribution in [3.8, 4) is 39.4 Å². The SMILES string of the molecule is C#N.C#N.C#N.C#N.C#N.C#N.[Ca+2].[Fe].[H-].[H-].[H-].[K+]. The number of rotatable bonds is 0. The molecule has 0 aliphatic rings. The van der Waals surface area contributed by atoms with Crippen LogP contribution in [0.5, 0.6) is 0 Å². The predicted octanol–water partition coefficient (Wildman–Crippen LogP) is -2.20. The van der Waals surface area contributed by atoms with Crippen LogP contribution in [0.25, 0.3) is 0 Å². The Morgan fingerprint density at radius 1 is 0.467 bits per heavy atom. The summed E-state index contributed by atoms with van der Waals surface area (Å²) in [5, 5.41) is 39.0. The summed E-state index contributed by atoms with van der Waals surface area (Å²) in [6.07, 6.45) is 0. The molecule has 0 aromatic rings. The van der Waals surface area contributed by atoms with Crippen molar-refractivity contribution in [1.29, 1.82) is 31.6 Å². The first-order chi connectivity index (χ1) is 6.00. The quantitative estimate of drug-likeness (QED) is 0.464. The summed E-state index contributed by atoms with van der Waals surface area (Å²) in [5.41, 5.74) is 0. The number of nitrogens with zero attached hydrogens (tertiary/aromatic N) is 6. The molecule has 0 spiro atoms. The van der Waals surface area contributed by atoms with Crippen LogP contribution in [0.2, 0.25) is 0 Å². The minimum Gasteiger partial charge on any atom is -1.00 e. The second-order valence-corrected chi connectivity index (χ2v) is 0. The summed E-state index contributed by atoms with van der Waals surface area (Å²) < 4.78 is 0. The van der Waals surface area contributed by atoms with E-state index in [1.54, 1.807) is 0 Å². The summed E-state index contributed by atoms with van der Waals surface area (Å²) in [6, 6.07) is 0. The van der Waals surface area contributed by atoms with Crippen molar-refractivity contribution in [3.05, 3.63) is 0 Å². The zero-order chi connectivity index (χ0) is 12.0. The Morgan fingerprint density at radius 2 is 0.467 bits per heavy atom. The van der Waals surface area contributed by atoms with Crippen LogP contribution in [-0.4, -0.2) is 37.7 Å². The predicted molar refractivity (Wildman–Crippen MR) is 49.1 cm³/mol. The van der Waals surface area contributed by atoms with Gasteiger partial charge in [0.1, 0.15) is 0 Å². The maximum absolute atomic E-state index is 6.50. The summed E-state index contributed by atoms with van der Waals surface area (Å²) in [6.45, 7) is 21.0. The van der Waals surface area contributed by atoms with E-state index in [0.29, 0.717) is 0 Å². The van der Waals surface area contributed by atoms with Gasteiger partial charge in [-0.15, -0.1) is 0 Å². The third-order valence-corrected chi connectivity index (χ3v) is 0. The standard InChI is InChI=1S/6CHN.Ca.Fe.K.3H/c6*1-2;;;;;;/h6*1H;;;;;;/q;;;;;;+2;;+1;3*-1. The first-order valence-corrected chi connectivity index (χ1v) is 1.55. The molecule has 9 heteroatoms. The minimum atomic E-state index is 0. The molecule has 0 amide bonds. The van der Waals surface area contributed by atoms with E-state index in [4.69, 9.17) is 31.6 Å². The van der Waals surface area contributed by atoms with Crippen LogP contribution in [0.15, 0.2) is 0 Å². The largest absolute Gasteiger partial charge is 2.00 e. The Bertz CT molecular complexity index is 114. The molecule has 0 saturated carbocycles. The van der Waals surface area contributed by atoms with E-state index >= 15 is 0 Å². The molecule has 0 aliphatic carbocycles. The van der Waals surface area contributed by atoms with Crippen LogP contribution in [0.4, 0.5) is 0 Å². The molecule has 0 rings (SSSR count). The fourth-order valence-electron chi connectivity index (χ4n) is 0. The summed E-state index contributed by atoms with van der Waals surface area (Å²) in [4.78, 5) is 0. The van der Waals surface area contributed by atoms with E-state index in [2.05, 4.69) is 39.4 Å². The van der Waals surface area contributed by atoms with Crippen molar-refractivity contribution >= 4 is 37.7 Å². The van der Waals surface area contributed by atoms with Crippen LogP contribution in [0, 0.1) is 71.0 Å². The molecule has 0 aromatic carbocycles. The molecule has 0 unspecified atom stereocenters. The molecule has 0 aliphatic heterocycles. The van der Waals surface area contributed by atoms with Crippen LogP contribution >= 0.6 is 0 Å². The summed E-state index contributed by atoms with van der Waals surface area (Å²) >= 11 is 0. The maximum Gasteiger partial charge on any atom is 2.00 e. The fraction of sp³-hybridized carbons (Fsp3) is 0. The van der Waals surface area contributed by atoms with Crippen molar-refractivity contribution in [2.45, 2.75) is 0 Å². The van der Waals surface area contributed by atoms with Gasteiger partial charge in [-0.3, -0.25) is 0 Å². The Kier molecular flexibility index (Phi) is 106000. The van der Waals surface area contributed by atoms with Crippen LogP contribution < -0.4 is 51.4 Å². The zero-order valence-electron chi connectivity index (χ0n) is 11.2. The zero-order valence-corrected chi connectivity index (χ0v) is 14.6. The molecule has 0 saturated heterocycles. The second kappa shape index (κ2) is 20300. The molecule has 0 atom stereocenters. The number of nitriles is 6. The molecule has 6 nitrogen and oxygen atoms in total. The van der Waals surface area contributed by atoms with Crippen LogP contribution in [-0.2, 0) is 17.1 Å². The first kappa shape index (κ1) is 78.3. The van der Waals surface area contributed by atoms with E-state index in [1.807, 2.05) is 0 Å². The van der Waals surface area contributed by atoms with E-state index in [0.717, 1.165) is 0 Å². The van der Waals surface area contributed by atoms with Gasteiger partial charge in [-0.2, -0.15) is 0 Å². The molecule has 0 aromatic heterocycles. The molecular formula is C6H9CaFeKN6. The van der Waals surface area contributed by atoms with Gasteiger partial charge in [-0.1, -0.05) is 0 Å². The number of hydrogen-bond donors (Lipinski definition) is 0. The van der Waals surface area contributed by atoms with Gasteiger partial charge in [0.25, 0.3) is 0 Å². The van der Waals surface area contributed by atoms with Gasteiger partial charge < -0.3 is 4.28 Å². The third-order valence-electron chi connectivity index (χ3n) is 0. The van der Waals surface area contributed by atoms with Crippen molar-refractivity contribution in [2.75, 3.05) is 0 Å². The average Bonchev–Trinajstić information content (AvgIpc) is 2.33. The van der Waals surface area contributed by atoms with E-state index in [1.165, 1.54) is 0 Å². The van der Waals surface area contributed by atoms with Gasteiger partial charge in [-0.05, 0) is 0 Å². The Balaban J connectivity index is -0.00000000225. The smallest absolute Gasteiger partial charge is 1.00 e. The topological polar surface area (TPSA) is 143 Å². The van der Waals surface area contributed by atoms with Gasteiger partial charge >= 0.3 is 89.1 Å². The van der Waals surface area contributed by atoms with Crippen molar-refractivity contribution in [1.82, 2.24) is 0 Å². The van der Waals surface area contributed by atoms with Crippen LogP contribution in [0.1, 0.15) is 4.28 Å². The summed E-state index contributed by atoms with van der Waals surface area (Å²) in [7, 11) is 0. The molecule has 0 fully saturated rings. The Hall–Kier alpha value is 0.356. The third kappa shape index (κ3) is 17300. The fourth-order valence-corrected chi connectivity index (χ4v) is 0. The van der Waals surface area contributed by atoms with Gasteiger partial charge in [0.05, 0.1) is 0 Å². The number of hydrogen-bond acceptors (Lipinski definition) is 6. The van der Waals surface area contributed by atoms with Gasteiger partial charge in [0.15, 0.2) is 0 Å². The van der Waals surface area contributed by atoms with E-state index < -0.39 is 0 Å². The van der Waals surface area contributed by atoms with E-state index in [9.17, 15) is 0 Å². The maximum atomic E-state index is 6.50. The van der Waals surface area contributed by atoms with Crippen molar-refractivity contribution in [2.24, 2.45) is 0 Å². The molecule has 0 N–H and O–H groups in total. The molecule has 0 radical (unpaired) electrons. The van der Waals surface area contributed by atoms with Gasteiger partial charge in [0, 0.05) is 56.5 Å². The average molecular weight is 300 g/mol. The molecule has 0 heterocycles. The minimum absolute atomic E-state index is 0. The molecule has 74 valence electrons. The molecule has 0 bridgehead atoms. The van der Waals surface area contributed by atoms with Crippen LogP contribution in [0.3, 0.4) is 0 Å². The summed E-state index contributed by atoms with van der Waals surface area (Å²) in [5.74, 6) is 0. The molecular weight excluding hydrogens is 291 g/mol. The van der Waals surface area contributed by atoms with E-state index in [-0.39, 0.29) is 110 Å².